The van der Waals surface area contributed by atoms with Crippen molar-refractivity contribution in [2.45, 2.75) is 0 Å². The fourth-order valence-electron chi connectivity index (χ4n) is 7.29. The van der Waals surface area contributed by atoms with E-state index in [2.05, 4.69) is 192 Å². The van der Waals surface area contributed by atoms with Crippen LogP contribution in [0, 0.1) is 0 Å². The Kier molecular flexibility index (Phi) is 8.72. The second kappa shape index (κ2) is 14.4. The van der Waals surface area contributed by atoms with Crippen LogP contribution in [0.1, 0.15) is 0 Å². The summed E-state index contributed by atoms with van der Waals surface area (Å²) in [5.41, 5.74) is 10.6. The molecule has 0 bridgehead atoms. The molecule has 0 aliphatic carbocycles. The molecule has 256 valence electrons. The van der Waals surface area contributed by atoms with Crippen LogP contribution in [0.2, 0.25) is 0 Å². The van der Waals surface area contributed by atoms with Gasteiger partial charge >= 0.3 is 0 Å². The fourth-order valence-corrected chi connectivity index (χ4v) is 7.29. The SMILES string of the molecule is O=c1c2cc(-c3ccc(N(c4ccccc4)c4ccccc4)cc3)ccc2ccc2ccc(-c3ccc(N(c4ccccc4)c4ccccc4)cc3)cc12. The van der Waals surface area contributed by atoms with Crippen molar-refractivity contribution in [2.75, 3.05) is 9.80 Å². The van der Waals surface area contributed by atoms with Crippen molar-refractivity contribution < 1.29 is 0 Å². The van der Waals surface area contributed by atoms with Crippen molar-refractivity contribution in [2.24, 2.45) is 0 Å². The summed E-state index contributed by atoms with van der Waals surface area (Å²) in [6.07, 6.45) is 0. The van der Waals surface area contributed by atoms with Crippen molar-refractivity contribution in [3.63, 3.8) is 0 Å². The van der Waals surface area contributed by atoms with Crippen molar-refractivity contribution in [1.82, 2.24) is 0 Å². The summed E-state index contributed by atoms with van der Waals surface area (Å²) in [6.45, 7) is 0. The molecule has 0 saturated carbocycles. The van der Waals surface area contributed by atoms with Crippen LogP contribution in [0.4, 0.5) is 34.1 Å². The lowest BCUT2D eigenvalue weighted by Gasteiger charge is -2.25. The first kappa shape index (κ1) is 32.7. The van der Waals surface area contributed by atoms with Gasteiger partial charge in [0.25, 0.3) is 0 Å². The first-order chi connectivity index (χ1) is 26.7. The number of anilines is 6. The molecule has 0 atom stereocenters. The molecule has 3 heteroatoms. The van der Waals surface area contributed by atoms with Gasteiger partial charge in [-0.1, -0.05) is 133 Å². The second-order valence-electron chi connectivity index (χ2n) is 13.4. The van der Waals surface area contributed by atoms with E-state index >= 15 is 0 Å². The number of para-hydroxylation sites is 4. The van der Waals surface area contributed by atoms with Gasteiger partial charge in [0.2, 0.25) is 0 Å². The Morgan fingerprint density at radius 2 is 0.519 bits per heavy atom. The third-order valence-corrected chi connectivity index (χ3v) is 10.0. The van der Waals surface area contributed by atoms with Crippen molar-refractivity contribution >= 4 is 55.7 Å². The Balaban J connectivity index is 1.06. The molecule has 9 aromatic rings. The maximum absolute atomic E-state index is 14.4. The molecular formula is C51H36N2O. The summed E-state index contributed by atoms with van der Waals surface area (Å²) in [6, 6.07) is 75.3. The highest BCUT2D eigenvalue weighted by atomic mass is 16.1. The number of hydrogen-bond donors (Lipinski definition) is 0. The standard InChI is InChI=1S/C51H36N2O/c54-51-49-35-41(37-27-31-47(32-28-37)52(43-13-5-1-6-14-43)44-15-7-2-8-16-44)25-23-39(49)21-22-40-24-26-42(36-50(40)51)38-29-33-48(34-30-38)53(45-17-9-3-10-18-45)46-19-11-4-12-20-46/h1-36H. The summed E-state index contributed by atoms with van der Waals surface area (Å²) < 4.78 is 0. The van der Waals surface area contributed by atoms with Crippen LogP contribution in [0.15, 0.2) is 223 Å². The van der Waals surface area contributed by atoms with Crippen LogP contribution < -0.4 is 15.2 Å². The zero-order valence-corrected chi connectivity index (χ0v) is 29.6. The van der Waals surface area contributed by atoms with Gasteiger partial charge in [-0.05, 0) is 118 Å². The molecule has 54 heavy (non-hydrogen) atoms. The summed E-state index contributed by atoms with van der Waals surface area (Å²) in [5, 5.41) is 3.25. The topological polar surface area (TPSA) is 23.6 Å². The lowest BCUT2D eigenvalue weighted by atomic mass is 10.00. The molecule has 0 saturated heterocycles. The Labute approximate surface area is 315 Å². The minimum atomic E-state index is 0.0283. The largest absolute Gasteiger partial charge is 0.311 e. The molecule has 9 aromatic carbocycles. The van der Waals surface area contributed by atoms with E-state index in [4.69, 9.17) is 0 Å². The van der Waals surface area contributed by atoms with E-state index in [9.17, 15) is 4.79 Å². The molecule has 0 aliphatic heterocycles. The van der Waals surface area contributed by atoms with Crippen LogP contribution in [0.3, 0.4) is 0 Å². The number of rotatable bonds is 8. The van der Waals surface area contributed by atoms with Crippen molar-refractivity contribution in [3.8, 4) is 22.3 Å². The molecule has 0 heterocycles. The van der Waals surface area contributed by atoms with Crippen LogP contribution in [0.5, 0.6) is 0 Å². The maximum Gasteiger partial charge on any atom is 0.194 e. The zero-order valence-electron chi connectivity index (χ0n) is 29.6. The van der Waals surface area contributed by atoms with Crippen LogP contribution in [0.25, 0.3) is 43.8 Å². The van der Waals surface area contributed by atoms with E-state index in [1.807, 2.05) is 36.4 Å². The fraction of sp³-hybridized carbons (Fsp3) is 0. The van der Waals surface area contributed by atoms with E-state index in [1.54, 1.807) is 0 Å². The number of fused-ring (bicyclic) bond motifs is 2. The van der Waals surface area contributed by atoms with E-state index < -0.39 is 0 Å². The minimum absolute atomic E-state index is 0.0283. The van der Waals surface area contributed by atoms with Gasteiger partial charge in [-0.25, -0.2) is 0 Å². The molecule has 0 N–H and O–H groups in total. The van der Waals surface area contributed by atoms with Gasteiger partial charge in [0, 0.05) is 44.9 Å². The first-order valence-corrected chi connectivity index (χ1v) is 18.2. The molecular weight excluding hydrogens is 657 g/mol. The highest BCUT2D eigenvalue weighted by Gasteiger charge is 2.14. The van der Waals surface area contributed by atoms with Gasteiger partial charge in [0.1, 0.15) is 0 Å². The van der Waals surface area contributed by atoms with E-state index in [1.165, 1.54) is 0 Å². The summed E-state index contributed by atoms with van der Waals surface area (Å²) in [7, 11) is 0. The summed E-state index contributed by atoms with van der Waals surface area (Å²) >= 11 is 0. The highest BCUT2D eigenvalue weighted by molar-refractivity contribution is 5.97. The monoisotopic (exact) mass is 692 g/mol. The lowest BCUT2D eigenvalue weighted by Crippen LogP contribution is -2.09. The van der Waals surface area contributed by atoms with Gasteiger partial charge in [0.15, 0.2) is 5.43 Å². The maximum atomic E-state index is 14.4. The van der Waals surface area contributed by atoms with E-state index in [0.29, 0.717) is 10.8 Å². The third-order valence-electron chi connectivity index (χ3n) is 10.0. The van der Waals surface area contributed by atoms with E-state index in [-0.39, 0.29) is 5.43 Å². The summed E-state index contributed by atoms with van der Waals surface area (Å²) in [4.78, 5) is 18.9. The molecule has 0 unspecified atom stereocenters. The van der Waals surface area contributed by atoms with Gasteiger partial charge in [-0.3, -0.25) is 4.79 Å². The predicted molar refractivity (Wildman–Crippen MR) is 228 cm³/mol. The average molecular weight is 693 g/mol. The van der Waals surface area contributed by atoms with Crippen molar-refractivity contribution in [3.05, 3.63) is 229 Å². The quantitative estimate of drug-likeness (QED) is 0.158. The van der Waals surface area contributed by atoms with E-state index in [0.717, 1.165) is 67.2 Å². The Bertz CT molecular complexity index is 2480. The van der Waals surface area contributed by atoms with Crippen LogP contribution >= 0.6 is 0 Å². The molecule has 0 spiro atoms. The number of hydrogen-bond acceptors (Lipinski definition) is 3. The molecule has 0 radical (unpaired) electrons. The Morgan fingerprint density at radius 3 is 0.833 bits per heavy atom. The molecule has 0 fully saturated rings. The molecule has 0 aliphatic rings. The van der Waals surface area contributed by atoms with Gasteiger partial charge in [-0.2, -0.15) is 0 Å². The lowest BCUT2D eigenvalue weighted by molar-refractivity contribution is 1.28. The average Bonchev–Trinajstić information content (AvgIpc) is 3.38. The molecule has 0 aromatic heterocycles. The zero-order chi connectivity index (χ0) is 36.3. The number of nitrogens with zero attached hydrogens (tertiary/aromatic N) is 2. The van der Waals surface area contributed by atoms with Gasteiger partial charge in [-0.15, -0.1) is 0 Å². The molecule has 3 nitrogen and oxygen atoms in total. The Hall–Kier alpha value is -7.23. The Morgan fingerprint density at radius 1 is 0.259 bits per heavy atom. The van der Waals surface area contributed by atoms with Gasteiger partial charge < -0.3 is 9.80 Å². The first-order valence-electron chi connectivity index (χ1n) is 18.2. The van der Waals surface area contributed by atoms with Gasteiger partial charge in [0.05, 0.1) is 0 Å². The number of benzene rings is 8. The summed E-state index contributed by atoms with van der Waals surface area (Å²) in [5.74, 6) is 0. The smallest absolute Gasteiger partial charge is 0.194 e. The normalized spacial score (nSPS) is 11.0. The molecule has 0 amide bonds. The highest BCUT2D eigenvalue weighted by Crippen LogP contribution is 2.37. The second-order valence-corrected chi connectivity index (χ2v) is 13.4. The van der Waals surface area contributed by atoms with Crippen molar-refractivity contribution in [1.29, 1.82) is 0 Å². The predicted octanol–water partition coefficient (Wildman–Crippen LogP) is 13.6. The molecule has 9 rings (SSSR count). The van der Waals surface area contributed by atoms with Crippen LogP contribution in [-0.4, -0.2) is 0 Å². The third kappa shape index (κ3) is 6.40. The minimum Gasteiger partial charge on any atom is -0.311 e. The van der Waals surface area contributed by atoms with Crippen LogP contribution in [-0.2, 0) is 0 Å².